The minimum absolute atomic E-state index is 0.0162. The van der Waals surface area contributed by atoms with Crippen LogP contribution in [0.25, 0.3) is 0 Å². The second-order valence-electron chi connectivity index (χ2n) is 3.48. The summed E-state index contributed by atoms with van der Waals surface area (Å²) in [6, 6.07) is -0.0162. The van der Waals surface area contributed by atoms with Gasteiger partial charge in [-0.2, -0.15) is 0 Å². The van der Waals surface area contributed by atoms with Crippen LogP contribution < -0.4 is 11.3 Å². The van der Waals surface area contributed by atoms with Crippen LogP contribution in [0, 0.1) is 0 Å². The number of ether oxygens (including phenoxy) is 1. The quantitative estimate of drug-likeness (QED) is 0.504. The fourth-order valence-electron chi connectivity index (χ4n) is 1.83. The molecule has 0 spiro atoms. The Morgan fingerprint density at radius 2 is 2.64 bits per heavy atom. The van der Waals surface area contributed by atoms with Crippen molar-refractivity contribution in [3.8, 4) is 0 Å². The minimum Gasteiger partial charge on any atom is -0.376 e. The Morgan fingerprint density at radius 1 is 1.79 bits per heavy atom. The normalized spacial score (nSPS) is 24.0. The third-order valence-corrected chi connectivity index (χ3v) is 2.58. The molecule has 0 amide bonds. The summed E-state index contributed by atoms with van der Waals surface area (Å²) in [7, 11) is 1.85. The minimum atomic E-state index is -0.0162. The fourth-order valence-corrected chi connectivity index (χ4v) is 1.83. The van der Waals surface area contributed by atoms with Crippen LogP contribution in [0.15, 0.2) is 6.20 Å². The van der Waals surface area contributed by atoms with Crippen molar-refractivity contribution < 1.29 is 4.74 Å². The van der Waals surface area contributed by atoms with Gasteiger partial charge in [0.2, 0.25) is 0 Å². The summed E-state index contributed by atoms with van der Waals surface area (Å²) in [5, 5.41) is 7.70. The Morgan fingerprint density at radius 3 is 3.14 bits per heavy atom. The average Bonchev–Trinajstić information content (AvgIpc) is 2.80. The highest BCUT2D eigenvalue weighted by Crippen LogP contribution is 2.25. The summed E-state index contributed by atoms with van der Waals surface area (Å²) >= 11 is 0. The Balaban J connectivity index is 2.16. The molecule has 2 atom stereocenters. The van der Waals surface area contributed by atoms with E-state index in [1.54, 1.807) is 10.9 Å². The van der Waals surface area contributed by atoms with Crippen LogP contribution in [0.1, 0.15) is 24.6 Å². The number of hydrogen-bond donors (Lipinski definition) is 2. The number of nitrogens with two attached hydrogens (primary N) is 1. The zero-order valence-corrected chi connectivity index (χ0v) is 8.18. The first-order chi connectivity index (χ1) is 6.83. The van der Waals surface area contributed by atoms with E-state index in [1.807, 2.05) is 7.05 Å². The molecule has 0 aliphatic carbocycles. The van der Waals surface area contributed by atoms with E-state index in [1.165, 1.54) is 0 Å². The molecule has 2 rings (SSSR count). The number of aromatic nitrogens is 3. The summed E-state index contributed by atoms with van der Waals surface area (Å²) in [4.78, 5) is 0. The lowest BCUT2D eigenvalue weighted by Crippen LogP contribution is -2.37. The topological polar surface area (TPSA) is 78.0 Å². The van der Waals surface area contributed by atoms with Crippen LogP contribution in [0.5, 0.6) is 0 Å². The molecule has 3 N–H and O–H groups in total. The Hall–Kier alpha value is -0.980. The Bertz CT molecular complexity index is 294. The van der Waals surface area contributed by atoms with Crippen LogP contribution in [0.3, 0.4) is 0 Å². The van der Waals surface area contributed by atoms with E-state index < -0.39 is 0 Å². The Labute approximate surface area is 82.4 Å². The predicted octanol–water partition coefficient (Wildman–Crippen LogP) is -0.501. The third-order valence-electron chi connectivity index (χ3n) is 2.58. The van der Waals surface area contributed by atoms with Crippen LogP contribution in [0.4, 0.5) is 0 Å². The molecule has 0 radical (unpaired) electrons. The number of hydrogen-bond acceptors (Lipinski definition) is 5. The molecule has 0 saturated carbocycles. The highest BCUT2D eigenvalue weighted by atomic mass is 16.5. The van der Waals surface area contributed by atoms with E-state index in [0.29, 0.717) is 0 Å². The van der Waals surface area contributed by atoms with Gasteiger partial charge in [0.1, 0.15) is 0 Å². The molecule has 6 heteroatoms. The standard InChI is InChI=1S/C8H15N5O/c1-13-6(5-10-12-13)8(11-9)7-3-2-4-14-7/h5,7-8,11H,2-4,9H2,1H3. The molecule has 6 nitrogen and oxygen atoms in total. The molecule has 1 aromatic rings. The van der Waals surface area contributed by atoms with Crippen LogP contribution in [0.2, 0.25) is 0 Å². The van der Waals surface area contributed by atoms with Crippen LogP contribution in [-0.2, 0) is 11.8 Å². The summed E-state index contributed by atoms with van der Waals surface area (Å²) in [5.41, 5.74) is 3.72. The lowest BCUT2D eigenvalue weighted by atomic mass is 10.1. The molecular formula is C8H15N5O. The van der Waals surface area contributed by atoms with Crippen molar-refractivity contribution in [2.75, 3.05) is 6.61 Å². The zero-order valence-electron chi connectivity index (χ0n) is 8.18. The lowest BCUT2D eigenvalue weighted by molar-refractivity contribution is 0.0758. The van der Waals surface area contributed by atoms with Crippen molar-refractivity contribution in [3.63, 3.8) is 0 Å². The Kier molecular flexibility index (Phi) is 2.76. The van der Waals surface area contributed by atoms with Gasteiger partial charge >= 0.3 is 0 Å². The summed E-state index contributed by atoms with van der Waals surface area (Å²) in [5.74, 6) is 5.51. The first-order valence-corrected chi connectivity index (χ1v) is 4.75. The summed E-state index contributed by atoms with van der Waals surface area (Å²) < 4.78 is 7.29. The lowest BCUT2D eigenvalue weighted by Gasteiger charge is -2.21. The number of hydrazine groups is 1. The smallest absolute Gasteiger partial charge is 0.0906 e. The van der Waals surface area contributed by atoms with E-state index in [-0.39, 0.29) is 12.1 Å². The zero-order chi connectivity index (χ0) is 9.97. The fraction of sp³-hybridized carbons (Fsp3) is 0.750. The molecule has 1 aromatic heterocycles. The van der Waals surface area contributed by atoms with E-state index in [4.69, 9.17) is 10.6 Å². The molecule has 1 fully saturated rings. The van der Waals surface area contributed by atoms with Gasteiger partial charge in [0.05, 0.1) is 24.0 Å². The third kappa shape index (κ3) is 1.63. The van der Waals surface area contributed by atoms with Gasteiger partial charge in [-0.05, 0) is 12.8 Å². The van der Waals surface area contributed by atoms with Gasteiger partial charge in [-0.15, -0.1) is 5.10 Å². The van der Waals surface area contributed by atoms with Crippen molar-refractivity contribution in [3.05, 3.63) is 11.9 Å². The van der Waals surface area contributed by atoms with Crippen molar-refractivity contribution in [1.82, 2.24) is 20.4 Å². The molecule has 1 aliphatic rings. The molecule has 78 valence electrons. The number of aryl methyl sites for hydroxylation is 1. The van der Waals surface area contributed by atoms with Gasteiger partial charge in [0, 0.05) is 13.7 Å². The van der Waals surface area contributed by atoms with Crippen molar-refractivity contribution in [2.24, 2.45) is 12.9 Å². The van der Waals surface area contributed by atoms with Gasteiger partial charge in [-0.1, -0.05) is 5.21 Å². The highest BCUT2D eigenvalue weighted by Gasteiger charge is 2.28. The number of nitrogens with zero attached hydrogens (tertiary/aromatic N) is 3. The van der Waals surface area contributed by atoms with Gasteiger partial charge < -0.3 is 4.74 Å². The maximum atomic E-state index is 5.57. The number of nitrogens with one attached hydrogen (secondary N) is 1. The molecule has 1 saturated heterocycles. The second-order valence-corrected chi connectivity index (χ2v) is 3.48. The van der Waals surface area contributed by atoms with E-state index >= 15 is 0 Å². The maximum Gasteiger partial charge on any atom is 0.0906 e. The van der Waals surface area contributed by atoms with Gasteiger partial charge in [-0.25, -0.2) is 5.43 Å². The molecule has 0 aromatic carbocycles. The van der Waals surface area contributed by atoms with Crippen LogP contribution in [-0.4, -0.2) is 27.7 Å². The molecule has 1 aliphatic heterocycles. The monoisotopic (exact) mass is 197 g/mol. The largest absolute Gasteiger partial charge is 0.376 e. The molecular weight excluding hydrogens is 182 g/mol. The van der Waals surface area contributed by atoms with E-state index in [0.717, 1.165) is 25.1 Å². The highest BCUT2D eigenvalue weighted by molar-refractivity contribution is 5.04. The molecule has 0 bridgehead atoms. The van der Waals surface area contributed by atoms with Crippen molar-refractivity contribution in [1.29, 1.82) is 0 Å². The van der Waals surface area contributed by atoms with E-state index in [2.05, 4.69) is 15.7 Å². The van der Waals surface area contributed by atoms with Gasteiger partial charge in [-0.3, -0.25) is 10.5 Å². The van der Waals surface area contributed by atoms with E-state index in [9.17, 15) is 0 Å². The molecule has 2 unspecified atom stereocenters. The second kappa shape index (κ2) is 4.04. The SMILES string of the molecule is Cn1nncc1C(NN)C1CCCO1. The first-order valence-electron chi connectivity index (χ1n) is 4.75. The van der Waals surface area contributed by atoms with Gasteiger partial charge in [0.25, 0.3) is 0 Å². The van der Waals surface area contributed by atoms with Crippen LogP contribution >= 0.6 is 0 Å². The summed E-state index contributed by atoms with van der Waals surface area (Å²) in [6.07, 6.45) is 3.97. The van der Waals surface area contributed by atoms with Gasteiger partial charge in [0.15, 0.2) is 0 Å². The summed E-state index contributed by atoms with van der Waals surface area (Å²) in [6.45, 7) is 0.814. The van der Waals surface area contributed by atoms with Crippen molar-refractivity contribution in [2.45, 2.75) is 25.0 Å². The predicted molar refractivity (Wildman–Crippen MR) is 50.0 cm³/mol. The molecule has 14 heavy (non-hydrogen) atoms. The maximum absolute atomic E-state index is 5.57. The van der Waals surface area contributed by atoms with Crippen molar-refractivity contribution >= 4 is 0 Å². The molecule has 2 heterocycles. The first kappa shape index (κ1) is 9.57. The number of rotatable bonds is 3. The average molecular weight is 197 g/mol.